The second-order valence-electron chi connectivity index (χ2n) is 6.53. The number of hydrogen-bond donors (Lipinski definition) is 1. The van der Waals surface area contributed by atoms with Gasteiger partial charge >= 0.3 is 0 Å². The van der Waals surface area contributed by atoms with E-state index in [4.69, 9.17) is 4.74 Å². The van der Waals surface area contributed by atoms with Gasteiger partial charge in [-0.05, 0) is 35.9 Å². The maximum atomic E-state index is 12.9. The quantitative estimate of drug-likeness (QED) is 0.752. The van der Waals surface area contributed by atoms with E-state index in [1.165, 1.54) is 6.07 Å². The molecule has 0 fully saturated rings. The first-order valence-corrected chi connectivity index (χ1v) is 8.78. The molecule has 0 saturated carbocycles. The lowest BCUT2D eigenvalue weighted by Crippen LogP contribution is -2.42. The number of carbonyl (C=O) groups is 1. The number of rotatable bonds is 5. The van der Waals surface area contributed by atoms with Crippen molar-refractivity contribution in [1.29, 1.82) is 0 Å². The molecule has 0 bridgehead atoms. The summed E-state index contributed by atoms with van der Waals surface area (Å²) >= 11 is 0. The Morgan fingerprint density at radius 1 is 1.22 bits per heavy atom. The molecule has 1 amide bonds. The zero-order chi connectivity index (χ0) is 18.6. The van der Waals surface area contributed by atoms with Crippen molar-refractivity contribution in [3.8, 4) is 5.75 Å². The number of pyridine rings is 1. The number of fused-ring (bicyclic) bond motifs is 1. The van der Waals surface area contributed by atoms with Gasteiger partial charge in [0.15, 0.2) is 0 Å². The van der Waals surface area contributed by atoms with Gasteiger partial charge in [-0.2, -0.15) is 5.10 Å². The number of phenolic OH excluding ortho intramolecular Hbond substituents is 1. The summed E-state index contributed by atoms with van der Waals surface area (Å²) in [4.78, 5) is 18.7. The number of benzene rings is 1. The Morgan fingerprint density at radius 3 is 2.96 bits per heavy atom. The van der Waals surface area contributed by atoms with Gasteiger partial charge in [-0.1, -0.05) is 12.1 Å². The molecule has 0 unspecified atom stereocenters. The van der Waals surface area contributed by atoms with E-state index < -0.39 is 0 Å². The summed E-state index contributed by atoms with van der Waals surface area (Å²) in [6, 6.07) is 12.1. The Hall–Kier alpha value is -3.19. The van der Waals surface area contributed by atoms with Gasteiger partial charge in [0.1, 0.15) is 5.75 Å². The van der Waals surface area contributed by atoms with E-state index in [9.17, 15) is 9.90 Å². The smallest absolute Gasteiger partial charge is 0.254 e. The van der Waals surface area contributed by atoms with Crippen LogP contribution in [0.4, 0.5) is 0 Å². The summed E-state index contributed by atoms with van der Waals surface area (Å²) in [5, 5.41) is 14.0. The third-order valence-corrected chi connectivity index (χ3v) is 4.56. The van der Waals surface area contributed by atoms with Gasteiger partial charge in [-0.3, -0.25) is 14.5 Å². The van der Waals surface area contributed by atoms with Crippen LogP contribution >= 0.6 is 0 Å². The average Bonchev–Trinajstić information content (AvgIpc) is 3.17. The second kappa shape index (κ2) is 7.59. The second-order valence-corrected chi connectivity index (χ2v) is 6.53. The highest BCUT2D eigenvalue weighted by Crippen LogP contribution is 2.23. The van der Waals surface area contributed by atoms with Crippen molar-refractivity contribution in [2.45, 2.75) is 19.2 Å². The van der Waals surface area contributed by atoms with Gasteiger partial charge in [-0.25, -0.2) is 0 Å². The number of aromatic nitrogens is 3. The number of phenols is 1. The first-order valence-electron chi connectivity index (χ1n) is 8.78. The highest BCUT2D eigenvalue weighted by molar-refractivity contribution is 5.94. The first-order chi connectivity index (χ1) is 13.2. The molecular weight excluding hydrogens is 344 g/mol. The molecule has 1 aliphatic heterocycles. The van der Waals surface area contributed by atoms with Crippen molar-refractivity contribution >= 4 is 5.91 Å². The third-order valence-electron chi connectivity index (χ3n) is 4.56. The molecular formula is C20H20N4O3. The molecule has 3 aromatic rings. The van der Waals surface area contributed by atoms with Gasteiger partial charge < -0.3 is 14.7 Å². The van der Waals surface area contributed by atoms with Crippen LogP contribution in [0.25, 0.3) is 0 Å². The number of aromatic hydroxyl groups is 1. The van der Waals surface area contributed by atoms with Gasteiger partial charge in [0.05, 0.1) is 31.5 Å². The van der Waals surface area contributed by atoms with Crippen LogP contribution in [0.3, 0.4) is 0 Å². The number of carbonyl (C=O) groups excluding carboxylic acids is 1. The molecule has 1 aliphatic rings. The minimum Gasteiger partial charge on any atom is -0.508 e. The SMILES string of the molecule is O=C(c1cccc(O)c1)N1Cc2ccnn2[C@H](COCc2cccnc2)C1. The molecule has 7 nitrogen and oxygen atoms in total. The number of nitrogens with zero attached hydrogens (tertiary/aromatic N) is 4. The Kier molecular flexibility index (Phi) is 4.84. The molecule has 1 aromatic carbocycles. The average molecular weight is 364 g/mol. The lowest BCUT2D eigenvalue weighted by atomic mass is 10.1. The van der Waals surface area contributed by atoms with Crippen molar-refractivity contribution in [1.82, 2.24) is 19.7 Å². The summed E-state index contributed by atoms with van der Waals surface area (Å²) < 4.78 is 7.79. The standard InChI is InChI=1S/C20H20N4O3/c25-19-5-1-4-16(9-19)20(26)23-11-17-6-8-22-24(17)18(12-23)14-27-13-15-3-2-7-21-10-15/h1-10,18,25H,11-14H2/t18-/m0/s1. The van der Waals surface area contributed by atoms with Crippen LogP contribution in [0.1, 0.15) is 27.7 Å². The van der Waals surface area contributed by atoms with E-state index >= 15 is 0 Å². The fourth-order valence-electron chi connectivity index (χ4n) is 3.28. The molecule has 138 valence electrons. The normalized spacial score (nSPS) is 16.1. The van der Waals surface area contributed by atoms with Crippen LogP contribution in [0.2, 0.25) is 0 Å². The molecule has 3 heterocycles. The predicted octanol–water partition coefficient (Wildman–Crippen LogP) is 2.40. The van der Waals surface area contributed by atoms with Crippen LogP contribution in [0.15, 0.2) is 61.1 Å². The predicted molar refractivity (Wildman–Crippen MR) is 98.0 cm³/mol. The lowest BCUT2D eigenvalue weighted by Gasteiger charge is -2.34. The molecule has 27 heavy (non-hydrogen) atoms. The molecule has 2 aromatic heterocycles. The summed E-state index contributed by atoms with van der Waals surface area (Å²) in [7, 11) is 0. The van der Waals surface area contributed by atoms with E-state index in [1.54, 1.807) is 41.7 Å². The molecule has 0 saturated heterocycles. The molecule has 4 rings (SSSR count). The molecule has 0 spiro atoms. The van der Waals surface area contributed by atoms with Gasteiger partial charge in [0.25, 0.3) is 5.91 Å². The van der Waals surface area contributed by atoms with Gasteiger partial charge in [-0.15, -0.1) is 0 Å². The number of amides is 1. The highest BCUT2D eigenvalue weighted by Gasteiger charge is 2.29. The summed E-state index contributed by atoms with van der Waals surface area (Å²) in [5.41, 5.74) is 2.43. The molecule has 1 N–H and O–H groups in total. The molecule has 7 heteroatoms. The molecule has 1 atom stereocenters. The monoisotopic (exact) mass is 364 g/mol. The number of hydrogen-bond acceptors (Lipinski definition) is 5. The lowest BCUT2D eigenvalue weighted by molar-refractivity contribution is 0.0447. The Bertz CT molecular complexity index is 926. The third kappa shape index (κ3) is 3.83. The van der Waals surface area contributed by atoms with Gasteiger partial charge in [0.2, 0.25) is 0 Å². The fourth-order valence-corrected chi connectivity index (χ4v) is 3.28. The van der Waals surface area contributed by atoms with E-state index in [0.29, 0.717) is 31.9 Å². The Balaban J connectivity index is 1.46. The zero-order valence-electron chi connectivity index (χ0n) is 14.7. The van der Waals surface area contributed by atoms with E-state index in [1.807, 2.05) is 22.9 Å². The van der Waals surface area contributed by atoms with E-state index in [-0.39, 0.29) is 17.7 Å². The highest BCUT2D eigenvalue weighted by atomic mass is 16.5. The molecule has 0 aliphatic carbocycles. The van der Waals surface area contributed by atoms with Gasteiger partial charge in [0, 0.05) is 30.7 Å². The topological polar surface area (TPSA) is 80.5 Å². The first kappa shape index (κ1) is 17.2. The summed E-state index contributed by atoms with van der Waals surface area (Å²) in [6.07, 6.45) is 5.25. The maximum absolute atomic E-state index is 12.9. The molecule has 0 radical (unpaired) electrons. The van der Waals surface area contributed by atoms with Crippen LogP contribution in [-0.2, 0) is 17.9 Å². The Labute approximate surface area is 156 Å². The van der Waals surface area contributed by atoms with Crippen molar-refractivity contribution < 1.29 is 14.6 Å². The van der Waals surface area contributed by atoms with Crippen molar-refractivity contribution in [3.63, 3.8) is 0 Å². The fraction of sp³-hybridized carbons (Fsp3) is 0.250. The van der Waals surface area contributed by atoms with E-state index in [2.05, 4.69) is 10.1 Å². The Morgan fingerprint density at radius 2 is 2.15 bits per heavy atom. The minimum atomic E-state index is -0.115. The maximum Gasteiger partial charge on any atom is 0.254 e. The van der Waals surface area contributed by atoms with E-state index in [0.717, 1.165) is 11.3 Å². The van der Waals surface area contributed by atoms with Crippen molar-refractivity contribution in [2.75, 3.05) is 13.2 Å². The summed E-state index contributed by atoms with van der Waals surface area (Å²) in [6.45, 7) is 1.87. The van der Waals surface area contributed by atoms with Crippen molar-refractivity contribution in [2.24, 2.45) is 0 Å². The van der Waals surface area contributed by atoms with Crippen LogP contribution in [0, 0.1) is 0 Å². The van der Waals surface area contributed by atoms with Crippen LogP contribution in [0.5, 0.6) is 5.75 Å². The van der Waals surface area contributed by atoms with Crippen LogP contribution in [-0.4, -0.2) is 43.8 Å². The van der Waals surface area contributed by atoms with Crippen molar-refractivity contribution in [3.05, 3.63) is 77.9 Å². The largest absolute Gasteiger partial charge is 0.508 e. The minimum absolute atomic E-state index is 0.0679. The number of ether oxygens (including phenoxy) is 1. The summed E-state index contributed by atoms with van der Waals surface area (Å²) in [5.74, 6) is -0.0325. The van der Waals surface area contributed by atoms with Crippen LogP contribution < -0.4 is 0 Å². The zero-order valence-corrected chi connectivity index (χ0v) is 14.7.